The van der Waals surface area contributed by atoms with E-state index in [0.717, 1.165) is 16.8 Å². The lowest BCUT2D eigenvalue weighted by Gasteiger charge is -2.23. The summed E-state index contributed by atoms with van der Waals surface area (Å²) in [5.74, 6) is 0.797. The lowest BCUT2D eigenvalue weighted by atomic mass is 9.83. The van der Waals surface area contributed by atoms with E-state index >= 15 is 0 Å². The summed E-state index contributed by atoms with van der Waals surface area (Å²) >= 11 is 0. The van der Waals surface area contributed by atoms with Gasteiger partial charge in [-0.3, -0.25) is 5.10 Å². The number of aryl methyl sites for hydroxylation is 1. The molecule has 1 aliphatic rings. The van der Waals surface area contributed by atoms with E-state index in [1.165, 1.54) is 5.56 Å². The lowest BCUT2D eigenvalue weighted by molar-refractivity contribution is 0.379. The average molecular weight is 294 g/mol. The SMILES string of the molecule is Cc1[nH]nc2c1C(c1ccc(C(C)C)cc1)C(C#N)=C(N)O2. The number of fused-ring (bicyclic) bond motifs is 1. The van der Waals surface area contributed by atoms with Crippen molar-refractivity contribution in [3.8, 4) is 11.9 Å². The van der Waals surface area contributed by atoms with Crippen LogP contribution in [0.3, 0.4) is 0 Å². The third-order valence-corrected chi connectivity index (χ3v) is 4.07. The lowest BCUT2D eigenvalue weighted by Crippen LogP contribution is -2.21. The molecule has 0 saturated carbocycles. The third kappa shape index (κ3) is 2.13. The van der Waals surface area contributed by atoms with E-state index in [4.69, 9.17) is 10.5 Å². The second-order valence-corrected chi connectivity index (χ2v) is 5.81. The van der Waals surface area contributed by atoms with Crippen molar-refractivity contribution in [2.24, 2.45) is 5.73 Å². The molecule has 0 radical (unpaired) electrons. The molecule has 3 N–H and O–H groups in total. The minimum Gasteiger partial charge on any atom is -0.420 e. The fourth-order valence-corrected chi connectivity index (χ4v) is 2.81. The molecule has 1 aromatic heterocycles. The molecule has 0 aliphatic carbocycles. The van der Waals surface area contributed by atoms with Crippen LogP contribution >= 0.6 is 0 Å². The van der Waals surface area contributed by atoms with Gasteiger partial charge in [0.25, 0.3) is 0 Å². The highest BCUT2D eigenvalue weighted by molar-refractivity contribution is 5.55. The van der Waals surface area contributed by atoms with Gasteiger partial charge in [0, 0.05) is 11.3 Å². The quantitative estimate of drug-likeness (QED) is 0.891. The van der Waals surface area contributed by atoms with Gasteiger partial charge in [0.2, 0.25) is 11.8 Å². The third-order valence-electron chi connectivity index (χ3n) is 4.07. The minimum atomic E-state index is -0.242. The second kappa shape index (κ2) is 5.23. The topological polar surface area (TPSA) is 87.7 Å². The Balaban J connectivity index is 2.14. The van der Waals surface area contributed by atoms with Gasteiger partial charge in [0.1, 0.15) is 11.6 Å². The van der Waals surface area contributed by atoms with Crippen LogP contribution in [0, 0.1) is 18.3 Å². The number of H-pyrrole nitrogens is 1. The van der Waals surface area contributed by atoms with Crippen LogP contribution in [0.25, 0.3) is 0 Å². The van der Waals surface area contributed by atoms with Crippen molar-refractivity contribution in [3.63, 3.8) is 0 Å². The molecule has 112 valence electrons. The zero-order valence-electron chi connectivity index (χ0n) is 12.8. The number of benzene rings is 1. The molecule has 1 unspecified atom stereocenters. The van der Waals surface area contributed by atoms with Crippen LogP contribution in [0.2, 0.25) is 0 Å². The summed E-state index contributed by atoms with van der Waals surface area (Å²) in [7, 11) is 0. The van der Waals surface area contributed by atoms with Crippen molar-refractivity contribution in [2.45, 2.75) is 32.6 Å². The first kappa shape index (κ1) is 14.2. The van der Waals surface area contributed by atoms with Gasteiger partial charge in [-0.15, -0.1) is 5.10 Å². The molecule has 2 aromatic rings. The number of aromatic nitrogens is 2. The van der Waals surface area contributed by atoms with Crippen LogP contribution < -0.4 is 10.5 Å². The monoisotopic (exact) mass is 294 g/mol. The number of hydrogen-bond acceptors (Lipinski definition) is 4. The number of ether oxygens (including phenoxy) is 1. The number of nitrogens with zero attached hydrogens (tertiary/aromatic N) is 2. The van der Waals surface area contributed by atoms with E-state index in [1.807, 2.05) is 19.1 Å². The number of hydrogen-bond donors (Lipinski definition) is 2. The van der Waals surface area contributed by atoms with E-state index in [-0.39, 0.29) is 11.8 Å². The first-order chi connectivity index (χ1) is 10.5. The summed E-state index contributed by atoms with van der Waals surface area (Å²) < 4.78 is 5.46. The summed E-state index contributed by atoms with van der Waals surface area (Å²) in [5.41, 5.74) is 10.4. The fraction of sp³-hybridized carbons (Fsp3) is 0.294. The fourth-order valence-electron chi connectivity index (χ4n) is 2.81. The Hall–Kier alpha value is -2.74. The van der Waals surface area contributed by atoms with E-state index in [0.29, 0.717) is 17.4 Å². The van der Waals surface area contributed by atoms with Gasteiger partial charge >= 0.3 is 0 Å². The normalized spacial score (nSPS) is 17.1. The van der Waals surface area contributed by atoms with E-state index in [9.17, 15) is 5.26 Å². The molecular weight excluding hydrogens is 276 g/mol. The Morgan fingerprint density at radius 3 is 2.59 bits per heavy atom. The van der Waals surface area contributed by atoms with E-state index in [2.05, 4.69) is 42.2 Å². The van der Waals surface area contributed by atoms with E-state index < -0.39 is 0 Å². The molecule has 5 nitrogen and oxygen atoms in total. The zero-order valence-corrected chi connectivity index (χ0v) is 12.8. The summed E-state index contributed by atoms with van der Waals surface area (Å²) in [6.07, 6.45) is 0. The van der Waals surface area contributed by atoms with Crippen LogP contribution in [0.15, 0.2) is 35.7 Å². The molecule has 0 fully saturated rings. The smallest absolute Gasteiger partial charge is 0.244 e. The molecule has 1 atom stereocenters. The summed E-state index contributed by atoms with van der Waals surface area (Å²) in [5, 5.41) is 16.5. The number of rotatable bonds is 2. The van der Waals surface area contributed by atoms with Gasteiger partial charge < -0.3 is 10.5 Å². The maximum absolute atomic E-state index is 9.49. The summed E-state index contributed by atoms with van der Waals surface area (Å²) in [4.78, 5) is 0. The predicted molar refractivity (Wildman–Crippen MR) is 83.2 cm³/mol. The van der Waals surface area contributed by atoms with Crippen LogP contribution in [0.4, 0.5) is 0 Å². The maximum Gasteiger partial charge on any atom is 0.244 e. The molecule has 0 amide bonds. The summed E-state index contributed by atoms with van der Waals surface area (Å²) in [6.45, 7) is 6.22. The van der Waals surface area contributed by atoms with Gasteiger partial charge in [0.15, 0.2) is 0 Å². The number of allylic oxidation sites excluding steroid dienone is 1. The van der Waals surface area contributed by atoms with Crippen molar-refractivity contribution in [3.05, 3.63) is 58.1 Å². The van der Waals surface area contributed by atoms with Gasteiger partial charge in [-0.25, -0.2) is 0 Å². The van der Waals surface area contributed by atoms with E-state index in [1.54, 1.807) is 0 Å². The molecular formula is C17H18N4O. The first-order valence-electron chi connectivity index (χ1n) is 7.25. The maximum atomic E-state index is 9.49. The largest absolute Gasteiger partial charge is 0.420 e. The molecule has 3 rings (SSSR count). The molecule has 22 heavy (non-hydrogen) atoms. The highest BCUT2D eigenvalue weighted by Crippen LogP contribution is 2.42. The molecule has 1 aromatic carbocycles. The Kier molecular flexibility index (Phi) is 3.38. The van der Waals surface area contributed by atoms with Crippen molar-refractivity contribution < 1.29 is 4.74 Å². The van der Waals surface area contributed by atoms with Crippen molar-refractivity contribution in [2.75, 3.05) is 0 Å². The zero-order chi connectivity index (χ0) is 15.9. The molecule has 0 bridgehead atoms. The van der Waals surface area contributed by atoms with Crippen molar-refractivity contribution in [1.29, 1.82) is 5.26 Å². The highest BCUT2D eigenvalue weighted by Gasteiger charge is 2.34. The molecule has 2 heterocycles. The molecule has 0 saturated heterocycles. The first-order valence-corrected chi connectivity index (χ1v) is 7.25. The van der Waals surface area contributed by atoms with Gasteiger partial charge in [-0.2, -0.15) is 5.26 Å². The molecule has 1 aliphatic heterocycles. The number of nitrogens with one attached hydrogen (secondary N) is 1. The van der Waals surface area contributed by atoms with Crippen LogP contribution in [0.5, 0.6) is 5.88 Å². The standard InChI is InChI=1S/C17H18N4O/c1-9(2)11-4-6-12(7-5-11)15-13(8-18)16(19)22-17-14(15)10(3)20-21-17/h4-7,9,15H,19H2,1-3H3,(H,20,21). The van der Waals surface area contributed by atoms with Crippen LogP contribution in [-0.2, 0) is 0 Å². The second-order valence-electron chi connectivity index (χ2n) is 5.81. The van der Waals surface area contributed by atoms with Gasteiger partial charge in [-0.1, -0.05) is 38.1 Å². The average Bonchev–Trinajstić information content (AvgIpc) is 2.87. The Labute approximate surface area is 129 Å². The van der Waals surface area contributed by atoms with Crippen LogP contribution in [-0.4, -0.2) is 10.2 Å². The predicted octanol–water partition coefficient (Wildman–Crippen LogP) is 3.06. The summed E-state index contributed by atoms with van der Waals surface area (Å²) in [6, 6.07) is 10.5. The highest BCUT2D eigenvalue weighted by atomic mass is 16.5. The van der Waals surface area contributed by atoms with Crippen molar-refractivity contribution in [1.82, 2.24) is 10.2 Å². The number of nitriles is 1. The Morgan fingerprint density at radius 1 is 1.32 bits per heavy atom. The Bertz CT molecular complexity index is 778. The van der Waals surface area contributed by atoms with Gasteiger partial charge in [-0.05, 0) is 24.0 Å². The number of aromatic amines is 1. The molecule has 5 heteroatoms. The van der Waals surface area contributed by atoms with Crippen LogP contribution in [0.1, 0.15) is 48.1 Å². The molecule has 0 spiro atoms. The van der Waals surface area contributed by atoms with Gasteiger partial charge in [0.05, 0.1) is 5.92 Å². The number of nitrogens with two attached hydrogens (primary N) is 1. The minimum absolute atomic E-state index is 0.124. The Morgan fingerprint density at radius 2 is 2.00 bits per heavy atom. The van der Waals surface area contributed by atoms with Crippen molar-refractivity contribution >= 4 is 0 Å².